The van der Waals surface area contributed by atoms with Crippen LogP contribution in [0.15, 0.2) is 42.6 Å². The standard InChI is InChI=1S/C16H20N2O2/c1-12(17)14-7-8-18-15(9-14)11-20-10-13-3-5-16(19-2)6-4-13/h3-9,12H,10-11,17H2,1-2H3. The molecule has 2 rings (SSSR count). The van der Waals surface area contributed by atoms with Crippen LogP contribution in [0.1, 0.15) is 29.8 Å². The quantitative estimate of drug-likeness (QED) is 0.878. The maximum atomic E-state index is 5.85. The fourth-order valence-electron chi connectivity index (χ4n) is 1.85. The molecule has 0 saturated carbocycles. The second kappa shape index (κ2) is 7.03. The molecule has 0 aliphatic heterocycles. The molecule has 20 heavy (non-hydrogen) atoms. The molecule has 0 aliphatic rings. The van der Waals surface area contributed by atoms with E-state index in [1.54, 1.807) is 13.3 Å². The van der Waals surface area contributed by atoms with Gasteiger partial charge in [0, 0.05) is 12.2 Å². The van der Waals surface area contributed by atoms with E-state index in [4.69, 9.17) is 15.2 Å². The second-order valence-corrected chi connectivity index (χ2v) is 4.71. The minimum atomic E-state index is 0.0124. The molecule has 0 fully saturated rings. The molecule has 106 valence electrons. The third-order valence-electron chi connectivity index (χ3n) is 3.04. The minimum Gasteiger partial charge on any atom is -0.497 e. The molecule has 1 aromatic heterocycles. The fourth-order valence-corrected chi connectivity index (χ4v) is 1.85. The van der Waals surface area contributed by atoms with Gasteiger partial charge in [-0.15, -0.1) is 0 Å². The Morgan fingerprint density at radius 2 is 1.90 bits per heavy atom. The summed E-state index contributed by atoms with van der Waals surface area (Å²) < 4.78 is 10.8. The Kier molecular flexibility index (Phi) is 5.09. The molecule has 0 radical (unpaired) electrons. The molecule has 0 spiro atoms. The molecule has 4 nitrogen and oxygen atoms in total. The summed E-state index contributed by atoms with van der Waals surface area (Å²) in [5.41, 5.74) is 8.92. The molecule has 4 heteroatoms. The van der Waals surface area contributed by atoms with Crippen molar-refractivity contribution in [2.24, 2.45) is 5.73 Å². The highest BCUT2D eigenvalue weighted by atomic mass is 16.5. The van der Waals surface area contributed by atoms with E-state index in [2.05, 4.69) is 4.98 Å². The van der Waals surface area contributed by atoms with E-state index in [0.29, 0.717) is 13.2 Å². The molecule has 1 atom stereocenters. The zero-order chi connectivity index (χ0) is 14.4. The predicted octanol–water partition coefficient (Wildman–Crippen LogP) is 2.83. The maximum Gasteiger partial charge on any atom is 0.118 e. The Morgan fingerprint density at radius 3 is 2.55 bits per heavy atom. The van der Waals surface area contributed by atoms with Gasteiger partial charge in [-0.3, -0.25) is 4.98 Å². The van der Waals surface area contributed by atoms with Crippen LogP contribution in [-0.2, 0) is 18.0 Å². The van der Waals surface area contributed by atoms with Crippen molar-refractivity contribution in [2.45, 2.75) is 26.2 Å². The van der Waals surface area contributed by atoms with Crippen molar-refractivity contribution in [1.82, 2.24) is 4.98 Å². The van der Waals surface area contributed by atoms with E-state index < -0.39 is 0 Å². The summed E-state index contributed by atoms with van der Waals surface area (Å²) in [6, 6.07) is 11.8. The molecule has 1 unspecified atom stereocenters. The van der Waals surface area contributed by atoms with Gasteiger partial charge < -0.3 is 15.2 Å². The van der Waals surface area contributed by atoms with Crippen molar-refractivity contribution in [3.63, 3.8) is 0 Å². The summed E-state index contributed by atoms with van der Waals surface area (Å²) >= 11 is 0. The summed E-state index contributed by atoms with van der Waals surface area (Å²) in [6.07, 6.45) is 1.77. The normalized spacial score (nSPS) is 12.2. The zero-order valence-electron chi connectivity index (χ0n) is 11.9. The number of methoxy groups -OCH3 is 1. The molecule has 0 aliphatic carbocycles. The average molecular weight is 272 g/mol. The van der Waals surface area contributed by atoms with Crippen molar-refractivity contribution in [3.05, 3.63) is 59.4 Å². The first kappa shape index (κ1) is 14.5. The smallest absolute Gasteiger partial charge is 0.118 e. The average Bonchev–Trinajstić information content (AvgIpc) is 2.48. The van der Waals surface area contributed by atoms with Gasteiger partial charge in [0.1, 0.15) is 5.75 Å². The molecule has 0 amide bonds. The molecular weight excluding hydrogens is 252 g/mol. The Hall–Kier alpha value is -1.91. The SMILES string of the molecule is COc1ccc(COCc2cc(C(C)N)ccn2)cc1. The first-order chi connectivity index (χ1) is 9.69. The van der Waals surface area contributed by atoms with Gasteiger partial charge in [0.15, 0.2) is 0 Å². The maximum absolute atomic E-state index is 5.85. The van der Waals surface area contributed by atoms with Gasteiger partial charge in [0.25, 0.3) is 0 Å². The van der Waals surface area contributed by atoms with E-state index in [-0.39, 0.29) is 6.04 Å². The van der Waals surface area contributed by atoms with E-state index in [9.17, 15) is 0 Å². The van der Waals surface area contributed by atoms with Gasteiger partial charge >= 0.3 is 0 Å². The van der Waals surface area contributed by atoms with Gasteiger partial charge in [-0.05, 0) is 42.3 Å². The number of pyridine rings is 1. The zero-order valence-corrected chi connectivity index (χ0v) is 11.9. The summed E-state index contributed by atoms with van der Waals surface area (Å²) in [5, 5.41) is 0. The first-order valence-corrected chi connectivity index (χ1v) is 6.60. The highest BCUT2D eigenvalue weighted by molar-refractivity contribution is 5.26. The Balaban J connectivity index is 1.87. The summed E-state index contributed by atoms with van der Waals surface area (Å²) in [5.74, 6) is 0.847. The molecule has 1 heterocycles. The number of aromatic nitrogens is 1. The first-order valence-electron chi connectivity index (χ1n) is 6.60. The van der Waals surface area contributed by atoms with Crippen LogP contribution in [0, 0.1) is 0 Å². The molecule has 2 N–H and O–H groups in total. The van der Waals surface area contributed by atoms with Crippen LogP contribution in [0.4, 0.5) is 0 Å². The second-order valence-electron chi connectivity index (χ2n) is 4.71. The summed E-state index contributed by atoms with van der Waals surface area (Å²) in [6.45, 7) is 2.98. The lowest BCUT2D eigenvalue weighted by molar-refractivity contribution is 0.104. The Bertz CT molecular complexity index is 538. The lowest BCUT2D eigenvalue weighted by atomic mass is 10.1. The van der Waals surface area contributed by atoms with Crippen molar-refractivity contribution >= 4 is 0 Å². The number of nitrogens with zero attached hydrogens (tertiary/aromatic N) is 1. The van der Waals surface area contributed by atoms with Crippen molar-refractivity contribution in [1.29, 1.82) is 0 Å². The number of nitrogens with two attached hydrogens (primary N) is 1. The summed E-state index contributed by atoms with van der Waals surface area (Å²) in [7, 11) is 1.66. The third-order valence-corrected chi connectivity index (χ3v) is 3.04. The van der Waals surface area contributed by atoms with Crippen LogP contribution >= 0.6 is 0 Å². The third kappa shape index (κ3) is 4.05. The van der Waals surface area contributed by atoms with Crippen molar-refractivity contribution in [2.75, 3.05) is 7.11 Å². The number of hydrogen-bond donors (Lipinski definition) is 1. The molecule has 0 saturated heterocycles. The number of benzene rings is 1. The molecule has 2 aromatic rings. The van der Waals surface area contributed by atoms with Gasteiger partial charge in [-0.25, -0.2) is 0 Å². The minimum absolute atomic E-state index is 0.0124. The monoisotopic (exact) mass is 272 g/mol. The highest BCUT2D eigenvalue weighted by Gasteiger charge is 2.02. The van der Waals surface area contributed by atoms with E-state index in [1.165, 1.54) is 0 Å². The van der Waals surface area contributed by atoms with Crippen LogP contribution in [-0.4, -0.2) is 12.1 Å². The summed E-state index contributed by atoms with van der Waals surface area (Å²) in [4.78, 5) is 4.28. The van der Waals surface area contributed by atoms with E-state index in [0.717, 1.165) is 22.6 Å². The predicted molar refractivity (Wildman–Crippen MR) is 78.3 cm³/mol. The number of hydrogen-bond acceptors (Lipinski definition) is 4. The van der Waals surface area contributed by atoms with Gasteiger partial charge in [0.05, 0.1) is 26.0 Å². The van der Waals surface area contributed by atoms with Gasteiger partial charge in [-0.2, -0.15) is 0 Å². The van der Waals surface area contributed by atoms with Gasteiger partial charge in [-0.1, -0.05) is 12.1 Å². The van der Waals surface area contributed by atoms with E-state index in [1.807, 2.05) is 43.3 Å². The largest absolute Gasteiger partial charge is 0.497 e. The van der Waals surface area contributed by atoms with Gasteiger partial charge in [0.2, 0.25) is 0 Å². The molecule has 1 aromatic carbocycles. The lowest BCUT2D eigenvalue weighted by Crippen LogP contribution is -2.06. The highest BCUT2D eigenvalue weighted by Crippen LogP contribution is 2.13. The van der Waals surface area contributed by atoms with Crippen LogP contribution in [0.2, 0.25) is 0 Å². The fraction of sp³-hybridized carbons (Fsp3) is 0.312. The lowest BCUT2D eigenvalue weighted by Gasteiger charge is -2.08. The topological polar surface area (TPSA) is 57.4 Å². The Morgan fingerprint density at radius 1 is 1.15 bits per heavy atom. The van der Waals surface area contributed by atoms with Crippen LogP contribution < -0.4 is 10.5 Å². The van der Waals surface area contributed by atoms with E-state index >= 15 is 0 Å². The van der Waals surface area contributed by atoms with Crippen molar-refractivity contribution < 1.29 is 9.47 Å². The molecular formula is C16H20N2O2. The van der Waals surface area contributed by atoms with Crippen molar-refractivity contribution in [3.8, 4) is 5.75 Å². The number of ether oxygens (including phenoxy) is 2. The number of rotatable bonds is 6. The Labute approximate surface area is 119 Å². The van der Waals surface area contributed by atoms with Crippen LogP contribution in [0.5, 0.6) is 5.75 Å². The molecule has 0 bridgehead atoms. The van der Waals surface area contributed by atoms with Crippen LogP contribution in [0.3, 0.4) is 0 Å². The van der Waals surface area contributed by atoms with Crippen LogP contribution in [0.25, 0.3) is 0 Å².